The van der Waals surface area contributed by atoms with Crippen molar-refractivity contribution in [3.8, 4) is 22.9 Å². The number of aryl methyl sites for hydroxylation is 2. The summed E-state index contributed by atoms with van der Waals surface area (Å²) >= 11 is 1.67. The molecule has 2 aromatic carbocycles. The molecule has 5 nitrogen and oxygen atoms in total. The Morgan fingerprint density at radius 2 is 1.88 bits per heavy atom. The van der Waals surface area contributed by atoms with Crippen LogP contribution in [0.3, 0.4) is 0 Å². The molecule has 1 unspecified atom stereocenters. The summed E-state index contributed by atoms with van der Waals surface area (Å²) in [6.45, 7) is 5.23. The topological polar surface area (TPSA) is 64.2 Å². The lowest BCUT2D eigenvalue weighted by Crippen LogP contribution is -2.13. The van der Waals surface area contributed by atoms with Gasteiger partial charge in [-0.2, -0.15) is 0 Å². The van der Waals surface area contributed by atoms with E-state index in [1.807, 2.05) is 55.5 Å². The largest absolute Gasteiger partial charge is 0.490 e. The molecule has 4 aromatic rings. The standard InChI is InChI=1S/C26H26N2O3S/c1-16-4-3-5-20(14-16)31-13-12-30-19-9-7-18(8-10-19)24-27-25(29)23-21-11-6-17(2)15-22(21)32-26(23)28-24/h3-5,7-10,14,17H,6,11-13,15H2,1-2H3,(H,27,28,29). The van der Waals surface area contributed by atoms with Crippen molar-refractivity contribution < 1.29 is 9.47 Å². The lowest BCUT2D eigenvalue weighted by Gasteiger charge is -2.17. The molecule has 32 heavy (non-hydrogen) atoms. The van der Waals surface area contributed by atoms with Crippen LogP contribution in [0.4, 0.5) is 0 Å². The van der Waals surface area contributed by atoms with Gasteiger partial charge in [-0.3, -0.25) is 4.79 Å². The minimum Gasteiger partial charge on any atom is -0.490 e. The number of benzene rings is 2. The molecule has 1 aliphatic rings. The first-order chi connectivity index (χ1) is 15.6. The van der Waals surface area contributed by atoms with Crippen molar-refractivity contribution in [3.63, 3.8) is 0 Å². The second-order valence-electron chi connectivity index (χ2n) is 8.48. The van der Waals surface area contributed by atoms with Gasteiger partial charge in [0.1, 0.15) is 35.4 Å². The van der Waals surface area contributed by atoms with Crippen molar-refractivity contribution in [1.82, 2.24) is 9.97 Å². The molecular formula is C26H26N2O3S. The van der Waals surface area contributed by atoms with Crippen LogP contribution in [0.15, 0.2) is 53.3 Å². The number of aromatic amines is 1. The maximum atomic E-state index is 12.8. The average molecular weight is 447 g/mol. The van der Waals surface area contributed by atoms with Crippen molar-refractivity contribution in [2.45, 2.75) is 33.1 Å². The van der Waals surface area contributed by atoms with Crippen LogP contribution in [0.2, 0.25) is 0 Å². The Labute approximate surface area is 191 Å². The third-order valence-electron chi connectivity index (χ3n) is 5.90. The smallest absolute Gasteiger partial charge is 0.260 e. The molecule has 2 heterocycles. The van der Waals surface area contributed by atoms with Gasteiger partial charge in [0, 0.05) is 10.4 Å². The summed E-state index contributed by atoms with van der Waals surface area (Å²) in [5.41, 5.74) is 3.21. The zero-order valence-electron chi connectivity index (χ0n) is 18.3. The van der Waals surface area contributed by atoms with E-state index in [4.69, 9.17) is 14.5 Å². The zero-order valence-corrected chi connectivity index (χ0v) is 19.1. The molecule has 0 aliphatic heterocycles. The monoisotopic (exact) mass is 446 g/mol. The fraction of sp³-hybridized carbons (Fsp3) is 0.308. The number of nitrogens with zero attached hydrogens (tertiary/aromatic N) is 1. The van der Waals surface area contributed by atoms with Crippen molar-refractivity contribution >= 4 is 21.6 Å². The van der Waals surface area contributed by atoms with Crippen LogP contribution < -0.4 is 15.0 Å². The molecule has 0 amide bonds. The van der Waals surface area contributed by atoms with Crippen LogP contribution in [0.25, 0.3) is 21.6 Å². The number of H-pyrrole nitrogens is 1. The highest BCUT2D eigenvalue weighted by atomic mass is 32.1. The van der Waals surface area contributed by atoms with Crippen LogP contribution in [-0.4, -0.2) is 23.2 Å². The fourth-order valence-electron chi connectivity index (χ4n) is 4.22. The van der Waals surface area contributed by atoms with Crippen LogP contribution in [0.5, 0.6) is 11.5 Å². The minimum atomic E-state index is -0.0364. The third kappa shape index (κ3) is 4.28. The summed E-state index contributed by atoms with van der Waals surface area (Å²) in [6.07, 6.45) is 3.16. The van der Waals surface area contributed by atoms with Crippen LogP contribution >= 0.6 is 11.3 Å². The van der Waals surface area contributed by atoms with E-state index in [9.17, 15) is 4.79 Å². The van der Waals surface area contributed by atoms with Gasteiger partial charge < -0.3 is 14.5 Å². The molecule has 0 spiro atoms. The summed E-state index contributed by atoms with van der Waals surface area (Å²) in [4.78, 5) is 22.8. The molecule has 1 atom stereocenters. The van der Waals surface area contributed by atoms with Gasteiger partial charge in [0.05, 0.1) is 5.39 Å². The van der Waals surface area contributed by atoms with E-state index in [1.165, 1.54) is 16.0 Å². The van der Waals surface area contributed by atoms with Crippen molar-refractivity contribution in [2.24, 2.45) is 5.92 Å². The first-order valence-electron chi connectivity index (χ1n) is 11.0. The maximum Gasteiger partial charge on any atom is 0.260 e. The van der Waals surface area contributed by atoms with Gasteiger partial charge in [0.25, 0.3) is 5.56 Å². The molecule has 0 saturated carbocycles. The van der Waals surface area contributed by atoms with Gasteiger partial charge in [-0.05, 0) is 79.6 Å². The predicted octanol–water partition coefficient (Wildman–Crippen LogP) is 5.54. The molecule has 1 N–H and O–H groups in total. The Morgan fingerprint density at radius 3 is 2.66 bits per heavy atom. The Bertz CT molecular complexity index is 1310. The normalized spacial score (nSPS) is 15.5. The number of ether oxygens (including phenoxy) is 2. The lowest BCUT2D eigenvalue weighted by molar-refractivity contribution is 0.217. The number of hydrogen-bond donors (Lipinski definition) is 1. The van der Waals surface area contributed by atoms with Crippen LogP contribution in [0, 0.1) is 12.8 Å². The van der Waals surface area contributed by atoms with Crippen LogP contribution in [-0.2, 0) is 12.8 Å². The molecule has 2 aromatic heterocycles. The van der Waals surface area contributed by atoms with Gasteiger partial charge in [-0.25, -0.2) is 4.98 Å². The average Bonchev–Trinajstić information content (AvgIpc) is 3.15. The summed E-state index contributed by atoms with van der Waals surface area (Å²) in [5, 5.41) is 0.786. The molecule has 164 valence electrons. The Kier molecular flexibility index (Phi) is 5.70. The maximum absolute atomic E-state index is 12.8. The summed E-state index contributed by atoms with van der Waals surface area (Å²) in [6, 6.07) is 15.6. The summed E-state index contributed by atoms with van der Waals surface area (Å²) < 4.78 is 11.5. The second kappa shape index (κ2) is 8.79. The van der Waals surface area contributed by atoms with Gasteiger partial charge in [0.15, 0.2) is 0 Å². The lowest BCUT2D eigenvalue weighted by atomic mass is 9.89. The highest BCUT2D eigenvalue weighted by molar-refractivity contribution is 7.18. The highest BCUT2D eigenvalue weighted by Crippen LogP contribution is 2.36. The quantitative estimate of drug-likeness (QED) is 0.395. The van der Waals surface area contributed by atoms with E-state index >= 15 is 0 Å². The molecule has 0 radical (unpaired) electrons. The van der Waals surface area contributed by atoms with E-state index in [0.29, 0.717) is 25.0 Å². The predicted molar refractivity (Wildman–Crippen MR) is 129 cm³/mol. The number of hydrogen-bond acceptors (Lipinski definition) is 5. The van der Waals surface area contributed by atoms with E-state index in [2.05, 4.69) is 11.9 Å². The number of rotatable bonds is 6. The Hall–Kier alpha value is -3.12. The number of thiophene rings is 1. The molecule has 6 heteroatoms. The van der Waals surface area contributed by atoms with Gasteiger partial charge >= 0.3 is 0 Å². The first-order valence-corrected chi connectivity index (χ1v) is 11.9. The Balaban J connectivity index is 1.27. The number of nitrogens with one attached hydrogen (secondary N) is 1. The second-order valence-corrected chi connectivity index (χ2v) is 9.57. The van der Waals surface area contributed by atoms with Crippen LogP contribution in [0.1, 0.15) is 29.3 Å². The van der Waals surface area contributed by atoms with Crippen molar-refractivity contribution in [1.29, 1.82) is 0 Å². The fourth-order valence-corrected chi connectivity index (χ4v) is 5.60. The highest BCUT2D eigenvalue weighted by Gasteiger charge is 2.23. The zero-order chi connectivity index (χ0) is 22.1. The molecule has 0 fully saturated rings. The molecular weight excluding hydrogens is 420 g/mol. The molecule has 0 saturated heterocycles. The minimum absolute atomic E-state index is 0.0364. The molecule has 0 bridgehead atoms. The number of fused-ring (bicyclic) bond motifs is 3. The summed E-state index contributed by atoms with van der Waals surface area (Å²) in [5.74, 6) is 2.87. The summed E-state index contributed by atoms with van der Waals surface area (Å²) in [7, 11) is 0. The van der Waals surface area contributed by atoms with E-state index in [1.54, 1.807) is 11.3 Å². The number of aromatic nitrogens is 2. The van der Waals surface area contributed by atoms with Crippen molar-refractivity contribution in [3.05, 3.63) is 74.9 Å². The van der Waals surface area contributed by atoms with Crippen molar-refractivity contribution in [2.75, 3.05) is 13.2 Å². The third-order valence-corrected chi connectivity index (χ3v) is 7.05. The van der Waals surface area contributed by atoms with E-state index in [-0.39, 0.29) is 5.56 Å². The van der Waals surface area contributed by atoms with Gasteiger partial charge in [-0.15, -0.1) is 11.3 Å². The molecule has 1 aliphatic carbocycles. The van der Waals surface area contributed by atoms with Gasteiger partial charge in [-0.1, -0.05) is 19.1 Å². The Morgan fingerprint density at radius 1 is 1.09 bits per heavy atom. The molecule has 5 rings (SSSR count). The van der Waals surface area contributed by atoms with E-state index < -0.39 is 0 Å². The first kappa shape index (κ1) is 20.8. The SMILES string of the molecule is Cc1cccc(OCCOc2ccc(-c3nc4sc5c(c4c(=O)[nH]3)CCC(C)C5)cc2)c1. The van der Waals surface area contributed by atoms with E-state index in [0.717, 1.165) is 46.5 Å². The van der Waals surface area contributed by atoms with Gasteiger partial charge in [0.2, 0.25) is 0 Å².